The molecule has 0 spiro atoms. The number of rotatable bonds is 2. The fourth-order valence-corrected chi connectivity index (χ4v) is 7.20. The highest BCUT2D eigenvalue weighted by Crippen LogP contribution is 2.48. The minimum absolute atomic E-state index is 0.0785. The normalized spacial score (nSPS) is 16.7. The van der Waals surface area contributed by atoms with Crippen molar-refractivity contribution >= 4 is 0 Å². The molecule has 1 aliphatic carbocycles. The summed E-state index contributed by atoms with van der Waals surface area (Å²) in [5.41, 5.74) is 10.1. The zero-order chi connectivity index (χ0) is 30.6. The van der Waals surface area contributed by atoms with Crippen LogP contribution < -0.4 is 0 Å². The van der Waals surface area contributed by atoms with Gasteiger partial charge in [0.15, 0.2) is 0 Å². The Kier molecular flexibility index (Phi) is 7.78. The average Bonchev–Trinajstić information content (AvgIpc) is 2.89. The van der Waals surface area contributed by atoms with Gasteiger partial charge in [-0.05, 0) is 61.8 Å². The fraction of sp³-hybridized carbons (Fsp3) is 0.368. The Morgan fingerprint density at radius 1 is 0.429 bits per heavy atom. The lowest BCUT2D eigenvalue weighted by Gasteiger charge is -2.29. The molecule has 0 atom stereocenters. The Balaban J connectivity index is 1.91. The molecule has 0 amide bonds. The molecule has 4 nitrogen and oxygen atoms in total. The largest absolute Gasteiger partial charge is 0.507 e. The minimum Gasteiger partial charge on any atom is -0.507 e. The molecule has 8 bridgehead atoms. The number of aryl methyl sites for hydroxylation is 4. The lowest BCUT2D eigenvalue weighted by molar-refractivity contribution is 0.424. The van der Waals surface area contributed by atoms with Crippen molar-refractivity contribution in [2.24, 2.45) is 11.8 Å². The smallest absolute Gasteiger partial charge is 0.122 e. The van der Waals surface area contributed by atoms with E-state index in [9.17, 15) is 20.4 Å². The van der Waals surface area contributed by atoms with E-state index in [2.05, 4.69) is 27.7 Å². The molecule has 0 saturated heterocycles. The molecular weight excluding hydrogens is 520 g/mol. The Labute approximate surface area is 250 Å². The molecule has 0 aliphatic heterocycles. The van der Waals surface area contributed by atoms with Gasteiger partial charge in [0.05, 0.1) is 0 Å². The molecule has 42 heavy (non-hydrogen) atoms. The summed E-state index contributed by atoms with van der Waals surface area (Å²) in [6.07, 6.45) is 0.708. The number of fused-ring (bicyclic) bond motifs is 8. The Hall–Kier alpha value is -3.92. The molecule has 5 rings (SSSR count). The fourth-order valence-electron chi connectivity index (χ4n) is 7.20. The monoisotopic (exact) mass is 564 g/mol. The van der Waals surface area contributed by atoms with E-state index >= 15 is 0 Å². The first-order valence-electron chi connectivity index (χ1n) is 15.1. The van der Waals surface area contributed by atoms with Crippen molar-refractivity contribution in [3.8, 4) is 23.0 Å². The Morgan fingerprint density at radius 3 is 0.833 bits per heavy atom. The van der Waals surface area contributed by atoms with Crippen LogP contribution >= 0.6 is 0 Å². The highest BCUT2D eigenvalue weighted by atomic mass is 16.3. The SMILES string of the molecule is Cc1cc2c(O)c(c1)C(C(C)C)c1cc(C)cc(c1O)Cc1cc(C)cc(c1O)C(C(C)C)c1cc(C)cc(c1O)C2. The quantitative estimate of drug-likeness (QED) is 0.196. The van der Waals surface area contributed by atoms with Gasteiger partial charge in [-0.25, -0.2) is 0 Å². The average molecular weight is 565 g/mol. The second-order valence-electron chi connectivity index (χ2n) is 13.2. The zero-order valence-electron chi connectivity index (χ0n) is 26.1. The predicted molar refractivity (Wildman–Crippen MR) is 170 cm³/mol. The van der Waals surface area contributed by atoms with Gasteiger partial charge in [-0.2, -0.15) is 0 Å². The van der Waals surface area contributed by atoms with E-state index in [0.717, 1.165) is 66.8 Å². The molecule has 4 aromatic rings. The van der Waals surface area contributed by atoms with Gasteiger partial charge in [-0.1, -0.05) is 98.5 Å². The standard InChI is InChI=1S/C38H44O4/c1-19(2)33-29-13-21(5)9-25(35(29)39)17-27-11-23(7)15-31(37(27)41)34(20(3)4)32-16-24(8)12-28(38(32)42)18-26-10-22(6)14-30(33)36(26)40/h9-16,19-20,33-34,39-42H,17-18H2,1-8H3. The molecule has 0 heterocycles. The summed E-state index contributed by atoms with van der Waals surface area (Å²) >= 11 is 0. The van der Waals surface area contributed by atoms with Crippen molar-refractivity contribution in [2.45, 2.75) is 80.1 Å². The first kappa shape index (κ1) is 29.6. The van der Waals surface area contributed by atoms with Crippen LogP contribution in [0.3, 0.4) is 0 Å². The van der Waals surface area contributed by atoms with E-state index in [4.69, 9.17) is 0 Å². The van der Waals surface area contributed by atoms with E-state index in [1.165, 1.54) is 0 Å². The van der Waals surface area contributed by atoms with Gasteiger partial charge in [0, 0.05) is 46.9 Å². The van der Waals surface area contributed by atoms with E-state index in [0.29, 0.717) is 12.8 Å². The Morgan fingerprint density at radius 2 is 0.643 bits per heavy atom. The third-order valence-electron chi connectivity index (χ3n) is 8.89. The van der Waals surface area contributed by atoms with E-state index in [1.54, 1.807) is 0 Å². The number of hydrogen-bond donors (Lipinski definition) is 4. The molecule has 0 aromatic heterocycles. The van der Waals surface area contributed by atoms with E-state index in [1.807, 2.05) is 76.2 Å². The molecule has 220 valence electrons. The van der Waals surface area contributed by atoms with E-state index < -0.39 is 0 Å². The van der Waals surface area contributed by atoms with Crippen LogP contribution in [0.1, 0.15) is 106 Å². The lowest BCUT2D eigenvalue weighted by Crippen LogP contribution is -2.13. The molecule has 0 unspecified atom stereocenters. The van der Waals surface area contributed by atoms with Gasteiger partial charge < -0.3 is 20.4 Å². The van der Waals surface area contributed by atoms with Crippen molar-refractivity contribution in [1.82, 2.24) is 0 Å². The molecule has 1 aliphatic rings. The maximum Gasteiger partial charge on any atom is 0.122 e. The summed E-state index contributed by atoms with van der Waals surface area (Å²) in [6, 6.07) is 16.0. The summed E-state index contributed by atoms with van der Waals surface area (Å²) < 4.78 is 0. The van der Waals surface area contributed by atoms with Crippen LogP contribution in [-0.4, -0.2) is 20.4 Å². The number of benzene rings is 4. The summed E-state index contributed by atoms with van der Waals surface area (Å²) in [5.74, 6) is 0.452. The van der Waals surface area contributed by atoms with Crippen molar-refractivity contribution in [3.05, 3.63) is 115 Å². The van der Waals surface area contributed by atoms with Crippen molar-refractivity contribution in [3.63, 3.8) is 0 Å². The molecule has 0 saturated carbocycles. The number of aromatic hydroxyl groups is 4. The predicted octanol–water partition coefficient (Wildman–Crippen LogP) is 8.81. The summed E-state index contributed by atoms with van der Waals surface area (Å²) in [4.78, 5) is 0. The van der Waals surface area contributed by atoms with Gasteiger partial charge in [0.25, 0.3) is 0 Å². The van der Waals surface area contributed by atoms with Crippen LogP contribution in [0.5, 0.6) is 23.0 Å². The van der Waals surface area contributed by atoms with E-state index in [-0.39, 0.29) is 46.7 Å². The van der Waals surface area contributed by atoms with Crippen molar-refractivity contribution < 1.29 is 20.4 Å². The number of phenolic OH excluding ortho intramolecular Hbond substituents is 4. The number of hydrogen-bond acceptors (Lipinski definition) is 4. The molecule has 4 aromatic carbocycles. The van der Waals surface area contributed by atoms with Crippen LogP contribution in [0.15, 0.2) is 48.5 Å². The third-order valence-corrected chi connectivity index (χ3v) is 8.89. The zero-order valence-corrected chi connectivity index (χ0v) is 26.1. The molecule has 0 radical (unpaired) electrons. The molecule has 4 heteroatoms. The molecular formula is C38H44O4. The lowest BCUT2D eigenvalue weighted by atomic mass is 9.77. The van der Waals surface area contributed by atoms with Crippen LogP contribution in [0.4, 0.5) is 0 Å². The van der Waals surface area contributed by atoms with Crippen molar-refractivity contribution in [2.75, 3.05) is 0 Å². The maximum absolute atomic E-state index is 11.8. The maximum atomic E-state index is 11.8. The first-order valence-corrected chi connectivity index (χ1v) is 15.1. The van der Waals surface area contributed by atoms with Crippen LogP contribution in [0, 0.1) is 39.5 Å². The van der Waals surface area contributed by atoms with Crippen LogP contribution in [0.25, 0.3) is 0 Å². The van der Waals surface area contributed by atoms with Gasteiger partial charge in [0.1, 0.15) is 23.0 Å². The minimum atomic E-state index is -0.260. The topological polar surface area (TPSA) is 80.9 Å². The second kappa shape index (κ2) is 11.1. The highest BCUT2D eigenvalue weighted by molar-refractivity contribution is 5.60. The number of phenols is 4. The van der Waals surface area contributed by atoms with Crippen LogP contribution in [-0.2, 0) is 12.8 Å². The molecule has 4 N–H and O–H groups in total. The second-order valence-corrected chi connectivity index (χ2v) is 13.2. The summed E-state index contributed by atoms with van der Waals surface area (Å²) in [6.45, 7) is 16.5. The van der Waals surface area contributed by atoms with Gasteiger partial charge in [0.2, 0.25) is 0 Å². The van der Waals surface area contributed by atoms with Crippen molar-refractivity contribution in [1.29, 1.82) is 0 Å². The third kappa shape index (κ3) is 5.24. The first-order chi connectivity index (χ1) is 19.8. The summed E-state index contributed by atoms with van der Waals surface area (Å²) in [5, 5.41) is 47.2. The van der Waals surface area contributed by atoms with Gasteiger partial charge in [-0.15, -0.1) is 0 Å². The highest BCUT2D eigenvalue weighted by Gasteiger charge is 2.30. The van der Waals surface area contributed by atoms with Gasteiger partial charge in [-0.3, -0.25) is 0 Å². The van der Waals surface area contributed by atoms with Gasteiger partial charge >= 0.3 is 0 Å². The molecule has 0 fully saturated rings. The summed E-state index contributed by atoms with van der Waals surface area (Å²) in [7, 11) is 0. The Bertz CT molecular complexity index is 1440. The van der Waals surface area contributed by atoms with Crippen LogP contribution in [0.2, 0.25) is 0 Å².